The van der Waals surface area contributed by atoms with Gasteiger partial charge in [-0.05, 0) is 18.2 Å². The number of rotatable bonds is 2. The zero-order chi connectivity index (χ0) is 11.4. The summed E-state index contributed by atoms with van der Waals surface area (Å²) >= 11 is 0. The lowest BCUT2D eigenvalue weighted by molar-refractivity contribution is 0.0601. The molecule has 0 aromatic heterocycles. The SMILES string of the molecule is COC(=O)c1cccc(N2CCNCC2)c1. The van der Waals surface area contributed by atoms with Gasteiger partial charge in [-0.15, -0.1) is 0 Å². The quantitative estimate of drug-likeness (QED) is 0.751. The van der Waals surface area contributed by atoms with Gasteiger partial charge in [0, 0.05) is 31.9 Å². The molecule has 0 radical (unpaired) electrons. The summed E-state index contributed by atoms with van der Waals surface area (Å²) in [6.45, 7) is 3.93. The van der Waals surface area contributed by atoms with E-state index in [0.717, 1.165) is 31.9 Å². The van der Waals surface area contributed by atoms with Crippen molar-refractivity contribution in [1.82, 2.24) is 5.32 Å². The van der Waals surface area contributed by atoms with Crippen molar-refractivity contribution in [2.75, 3.05) is 38.2 Å². The number of carbonyl (C=O) groups is 1. The molecule has 1 saturated heterocycles. The number of piperazine rings is 1. The molecule has 0 amide bonds. The first-order chi connectivity index (χ1) is 7.81. The molecule has 0 saturated carbocycles. The van der Waals surface area contributed by atoms with Gasteiger partial charge < -0.3 is 15.0 Å². The molecule has 0 atom stereocenters. The number of nitrogens with zero attached hydrogens (tertiary/aromatic N) is 1. The van der Waals surface area contributed by atoms with Gasteiger partial charge in [0.25, 0.3) is 0 Å². The topological polar surface area (TPSA) is 41.6 Å². The summed E-state index contributed by atoms with van der Waals surface area (Å²) in [4.78, 5) is 13.7. The number of anilines is 1. The van der Waals surface area contributed by atoms with Crippen molar-refractivity contribution in [2.45, 2.75) is 0 Å². The van der Waals surface area contributed by atoms with E-state index in [0.29, 0.717) is 5.56 Å². The van der Waals surface area contributed by atoms with E-state index in [-0.39, 0.29) is 5.97 Å². The number of ether oxygens (including phenoxy) is 1. The molecular weight excluding hydrogens is 204 g/mol. The van der Waals surface area contributed by atoms with Crippen LogP contribution in [0.5, 0.6) is 0 Å². The second-order valence-electron chi connectivity index (χ2n) is 3.78. The summed E-state index contributed by atoms with van der Waals surface area (Å²) in [7, 11) is 1.40. The van der Waals surface area contributed by atoms with Gasteiger partial charge in [-0.25, -0.2) is 4.79 Å². The first-order valence-corrected chi connectivity index (χ1v) is 5.45. The molecule has 16 heavy (non-hydrogen) atoms. The molecule has 1 aromatic carbocycles. The minimum Gasteiger partial charge on any atom is -0.465 e. The number of methoxy groups -OCH3 is 1. The lowest BCUT2D eigenvalue weighted by atomic mass is 10.2. The summed E-state index contributed by atoms with van der Waals surface area (Å²) < 4.78 is 4.71. The fourth-order valence-electron chi connectivity index (χ4n) is 1.87. The minimum atomic E-state index is -0.281. The highest BCUT2D eigenvalue weighted by molar-refractivity contribution is 5.90. The fraction of sp³-hybridized carbons (Fsp3) is 0.417. The Labute approximate surface area is 95.2 Å². The smallest absolute Gasteiger partial charge is 0.337 e. The highest BCUT2D eigenvalue weighted by atomic mass is 16.5. The van der Waals surface area contributed by atoms with Crippen LogP contribution in [-0.2, 0) is 4.74 Å². The molecule has 1 fully saturated rings. The second kappa shape index (κ2) is 4.99. The molecule has 1 N–H and O–H groups in total. The van der Waals surface area contributed by atoms with Crippen LogP contribution in [-0.4, -0.2) is 39.3 Å². The number of hydrogen-bond acceptors (Lipinski definition) is 4. The van der Waals surface area contributed by atoms with Crippen LogP contribution in [0.2, 0.25) is 0 Å². The van der Waals surface area contributed by atoms with E-state index in [4.69, 9.17) is 4.74 Å². The average molecular weight is 220 g/mol. The van der Waals surface area contributed by atoms with Crippen molar-refractivity contribution < 1.29 is 9.53 Å². The van der Waals surface area contributed by atoms with Gasteiger partial charge in [0.15, 0.2) is 0 Å². The summed E-state index contributed by atoms with van der Waals surface area (Å²) in [6, 6.07) is 7.58. The Hall–Kier alpha value is -1.55. The van der Waals surface area contributed by atoms with Crippen molar-refractivity contribution in [3.05, 3.63) is 29.8 Å². The van der Waals surface area contributed by atoms with Crippen molar-refractivity contribution >= 4 is 11.7 Å². The predicted molar refractivity (Wildman–Crippen MR) is 62.9 cm³/mol. The minimum absolute atomic E-state index is 0.281. The van der Waals surface area contributed by atoms with Gasteiger partial charge in [-0.3, -0.25) is 0 Å². The number of benzene rings is 1. The zero-order valence-corrected chi connectivity index (χ0v) is 9.40. The van der Waals surface area contributed by atoms with E-state index < -0.39 is 0 Å². The third-order valence-corrected chi connectivity index (χ3v) is 2.75. The number of nitrogens with one attached hydrogen (secondary N) is 1. The first-order valence-electron chi connectivity index (χ1n) is 5.45. The fourth-order valence-corrected chi connectivity index (χ4v) is 1.87. The van der Waals surface area contributed by atoms with Gasteiger partial charge in [0.2, 0.25) is 0 Å². The first kappa shape index (κ1) is 11.0. The van der Waals surface area contributed by atoms with E-state index in [1.54, 1.807) is 6.07 Å². The largest absolute Gasteiger partial charge is 0.465 e. The molecule has 2 rings (SSSR count). The van der Waals surface area contributed by atoms with E-state index in [1.807, 2.05) is 18.2 Å². The maximum absolute atomic E-state index is 11.4. The third kappa shape index (κ3) is 2.33. The van der Waals surface area contributed by atoms with Crippen LogP contribution in [0.3, 0.4) is 0 Å². The molecule has 0 spiro atoms. The number of hydrogen-bond donors (Lipinski definition) is 1. The average Bonchev–Trinajstić information content (AvgIpc) is 2.39. The Bertz CT molecular complexity index is 373. The van der Waals surface area contributed by atoms with Crippen molar-refractivity contribution in [3.63, 3.8) is 0 Å². The van der Waals surface area contributed by atoms with Gasteiger partial charge in [-0.1, -0.05) is 6.07 Å². The Balaban J connectivity index is 2.17. The van der Waals surface area contributed by atoms with Crippen LogP contribution in [0.15, 0.2) is 24.3 Å². The van der Waals surface area contributed by atoms with Crippen molar-refractivity contribution in [2.24, 2.45) is 0 Å². The van der Waals surface area contributed by atoms with Gasteiger partial charge >= 0.3 is 5.97 Å². The maximum Gasteiger partial charge on any atom is 0.337 e. The molecule has 1 aliphatic rings. The Morgan fingerprint density at radius 3 is 2.81 bits per heavy atom. The van der Waals surface area contributed by atoms with Crippen LogP contribution < -0.4 is 10.2 Å². The molecule has 0 aliphatic carbocycles. The normalized spacial score (nSPS) is 15.9. The molecule has 0 unspecified atom stereocenters. The number of carbonyl (C=O) groups excluding carboxylic acids is 1. The molecule has 4 nitrogen and oxygen atoms in total. The summed E-state index contributed by atoms with van der Waals surface area (Å²) in [5, 5.41) is 3.30. The maximum atomic E-state index is 11.4. The Kier molecular flexibility index (Phi) is 3.41. The predicted octanol–water partition coefficient (Wildman–Crippen LogP) is 0.883. The van der Waals surface area contributed by atoms with E-state index in [1.165, 1.54) is 7.11 Å². The molecule has 4 heteroatoms. The van der Waals surface area contributed by atoms with Crippen molar-refractivity contribution in [1.29, 1.82) is 0 Å². The summed E-state index contributed by atoms with van der Waals surface area (Å²) in [5.74, 6) is -0.281. The summed E-state index contributed by atoms with van der Waals surface area (Å²) in [6.07, 6.45) is 0. The molecule has 1 aromatic rings. The van der Waals surface area contributed by atoms with Gasteiger partial charge in [0.1, 0.15) is 0 Å². The monoisotopic (exact) mass is 220 g/mol. The van der Waals surface area contributed by atoms with Gasteiger partial charge in [0.05, 0.1) is 12.7 Å². The molecule has 1 aliphatic heterocycles. The van der Waals surface area contributed by atoms with Crippen LogP contribution in [0.4, 0.5) is 5.69 Å². The van der Waals surface area contributed by atoms with Gasteiger partial charge in [-0.2, -0.15) is 0 Å². The Morgan fingerprint density at radius 1 is 1.38 bits per heavy atom. The van der Waals surface area contributed by atoms with E-state index in [2.05, 4.69) is 10.2 Å². The highest BCUT2D eigenvalue weighted by Gasteiger charge is 2.12. The standard InChI is InChI=1S/C12H16N2O2/c1-16-12(15)10-3-2-4-11(9-10)14-7-5-13-6-8-14/h2-4,9,13H,5-8H2,1H3. The van der Waals surface area contributed by atoms with Crippen LogP contribution in [0.25, 0.3) is 0 Å². The van der Waals surface area contributed by atoms with E-state index in [9.17, 15) is 4.79 Å². The van der Waals surface area contributed by atoms with Crippen LogP contribution in [0, 0.1) is 0 Å². The highest BCUT2D eigenvalue weighted by Crippen LogP contribution is 2.17. The lowest BCUT2D eigenvalue weighted by Crippen LogP contribution is -2.43. The lowest BCUT2D eigenvalue weighted by Gasteiger charge is -2.29. The number of esters is 1. The molecule has 0 bridgehead atoms. The van der Waals surface area contributed by atoms with E-state index >= 15 is 0 Å². The van der Waals surface area contributed by atoms with Crippen LogP contribution >= 0.6 is 0 Å². The molecule has 86 valence electrons. The Morgan fingerprint density at radius 2 is 2.12 bits per heavy atom. The second-order valence-corrected chi connectivity index (χ2v) is 3.78. The van der Waals surface area contributed by atoms with Crippen LogP contribution in [0.1, 0.15) is 10.4 Å². The molecular formula is C12H16N2O2. The van der Waals surface area contributed by atoms with Crippen molar-refractivity contribution in [3.8, 4) is 0 Å². The molecule has 1 heterocycles. The summed E-state index contributed by atoms with van der Waals surface area (Å²) in [5.41, 5.74) is 1.70. The zero-order valence-electron chi connectivity index (χ0n) is 9.40. The third-order valence-electron chi connectivity index (χ3n) is 2.75.